The molecule has 0 spiro atoms. The van der Waals surface area contributed by atoms with E-state index in [1.54, 1.807) is 0 Å². The molecule has 0 unspecified atom stereocenters. The summed E-state index contributed by atoms with van der Waals surface area (Å²) in [7, 11) is 0. The van der Waals surface area contributed by atoms with E-state index in [0.717, 1.165) is 0 Å². The van der Waals surface area contributed by atoms with Crippen molar-refractivity contribution < 1.29 is 0 Å². The van der Waals surface area contributed by atoms with Crippen molar-refractivity contribution in [2.75, 3.05) is 0 Å². The minimum atomic E-state index is -0.338. The molecule has 0 heterocycles. The van der Waals surface area contributed by atoms with Crippen molar-refractivity contribution in [2.45, 2.75) is 5.41 Å². The molecule has 6 rings (SSSR count). The van der Waals surface area contributed by atoms with Crippen molar-refractivity contribution in [1.82, 2.24) is 0 Å². The predicted octanol–water partition coefficient (Wildman–Crippen LogP) is 7.00. The van der Waals surface area contributed by atoms with Crippen LogP contribution in [-0.2, 0) is 5.41 Å². The Hall–Kier alpha value is -3.64. The van der Waals surface area contributed by atoms with Crippen LogP contribution in [0.1, 0.15) is 22.3 Å². The van der Waals surface area contributed by atoms with E-state index < -0.39 is 0 Å². The normalized spacial score (nSPS) is 13.8. The van der Waals surface area contributed by atoms with E-state index in [0.29, 0.717) is 0 Å². The Balaban J connectivity index is 1.83. The maximum absolute atomic E-state index is 3.36. The van der Waals surface area contributed by atoms with Crippen LogP contribution in [0.4, 0.5) is 0 Å². The molecule has 1 aliphatic rings. The van der Waals surface area contributed by atoms with Gasteiger partial charge in [0.2, 0.25) is 0 Å². The van der Waals surface area contributed by atoms with Gasteiger partial charge in [-0.05, 0) is 68.4 Å². The number of fused-ring (bicyclic) bond motifs is 4. The summed E-state index contributed by atoms with van der Waals surface area (Å²) < 4.78 is 0. The Morgan fingerprint density at radius 3 is 1.76 bits per heavy atom. The molecule has 5 aromatic carbocycles. The van der Waals surface area contributed by atoms with E-state index in [4.69, 9.17) is 0 Å². The van der Waals surface area contributed by atoms with Crippen LogP contribution in [0.15, 0.2) is 115 Å². The lowest BCUT2D eigenvalue weighted by atomic mass is 9.67. The Kier molecular flexibility index (Phi) is 3.48. The first-order valence-electron chi connectivity index (χ1n) is 10.0. The van der Waals surface area contributed by atoms with Crippen LogP contribution in [0.25, 0.3) is 21.9 Å². The zero-order valence-corrected chi connectivity index (χ0v) is 16.0. The monoisotopic (exact) mass is 367 g/mol. The van der Waals surface area contributed by atoms with Gasteiger partial charge in [0.1, 0.15) is 0 Å². The summed E-state index contributed by atoms with van der Waals surface area (Å²) in [4.78, 5) is 0. The molecule has 0 N–H and O–H groups in total. The third-order valence-corrected chi connectivity index (χ3v) is 6.26. The summed E-state index contributed by atoms with van der Waals surface area (Å²) in [5, 5.41) is 2.56. The zero-order chi connectivity index (χ0) is 19.3. The quantitative estimate of drug-likeness (QED) is 0.309. The van der Waals surface area contributed by atoms with Crippen molar-refractivity contribution in [1.29, 1.82) is 0 Å². The standard InChI is InChI=1S/C29H19/c1-3-13-23(14-4-1)29(24-15-5-2-6-16-24)27-18-10-9-17-25(27)26-19-21-11-7-8-12-22(21)20-28(26)29/h1-9,11-20H. The molecule has 0 fully saturated rings. The van der Waals surface area contributed by atoms with Crippen molar-refractivity contribution in [2.24, 2.45) is 0 Å². The highest BCUT2D eigenvalue weighted by atomic mass is 14.5. The summed E-state index contributed by atoms with van der Waals surface area (Å²) in [6.07, 6.45) is 0. The topological polar surface area (TPSA) is 0 Å². The summed E-state index contributed by atoms with van der Waals surface area (Å²) in [5.41, 5.74) is 7.53. The first-order valence-corrected chi connectivity index (χ1v) is 10.0. The number of hydrogen-bond donors (Lipinski definition) is 0. The summed E-state index contributed by atoms with van der Waals surface area (Å²) in [6.45, 7) is 0. The van der Waals surface area contributed by atoms with Crippen LogP contribution in [0.3, 0.4) is 0 Å². The molecule has 0 aromatic heterocycles. The fourth-order valence-corrected chi connectivity index (χ4v) is 5.06. The van der Waals surface area contributed by atoms with E-state index in [9.17, 15) is 0 Å². The third-order valence-electron chi connectivity index (χ3n) is 6.26. The van der Waals surface area contributed by atoms with Gasteiger partial charge in [0, 0.05) is 0 Å². The van der Waals surface area contributed by atoms with E-state index in [2.05, 4.69) is 115 Å². The first-order chi connectivity index (χ1) is 14.4. The molecular formula is C29H19. The van der Waals surface area contributed by atoms with Gasteiger partial charge < -0.3 is 0 Å². The SMILES string of the molecule is [c]1ccc2c(c1)C(c1ccccc1)(c1ccccc1)c1cc3ccccc3cc1-2. The van der Waals surface area contributed by atoms with Gasteiger partial charge in [-0.15, -0.1) is 0 Å². The van der Waals surface area contributed by atoms with Gasteiger partial charge in [-0.3, -0.25) is 0 Å². The zero-order valence-electron chi connectivity index (χ0n) is 16.0. The Morgan fingerprint density at radius 2 is 1.10 bits per heavy atom. The highest BCUT2D eigenvalue weighted by Gasteiger charge is 2.45. The van der Waals surface area contributed by atoms with E-state index >= 15 is 0 Å². The molecule has 0 atom stereocenters. The molecule has 5 aromatic rings. The van der Waals surface area contributed by atoms with Gasteiger partial charge in [-0.1, -0.05) is 97.1 Å². The highest BCUT2D eigenvalue weighted by molar-refractivity contribution is 5.95. The van der Waals surface area contributed by atoms with Gasteiger partial charge in [0.05, 0.1) is 5.41 Å². The number of rotatable bonds is 2. The smallest absolute Gasteiger partial charge is 0.0622 e. The lowest BCUT2D eigenvalue weighted by molar-refractivity contribution is 0.769. The van der Waals surface area contributed by atoms with Crippen molar-refractivity contribution in [3.8, 4) is 11.1 Å². The van der Waals surface area contributed by atoms with Gasteiger partial charge in [-0.2, -0.15) is 0 Å². The molecule has 0 amide bonds. The maximum atomic E-state index is 3.36. The van der Waals surface area contributed by atoms with Crippen LogP contribution in [0, 0.1) is 6.07 Å². The van der Waals surface area contributed by atoms with Crippen LogP contribution < -0.4 is 0 Å². The van der Waals surface area contributed by atoms with E-state index in [1.165, 1.54) is 44.2 Å². The molecule has 0 bridgehead atoms. The molecule has 0 nitrogen and oxygen atoms in total. The molecule has 0 aliphatic heterocycles. The van der Waals surface area contributed by atoms with Gasteiger partial charge in [0.25, 0.3) is 0 Å². The fraction of sp³-hybridized carbons (Fsp3) is 0.0345. The van der Waals surface area contributed by atoms with Crippen molar-refractivity contribution >= 4 is 10.8 Å². The Labute approximate surface area is 171 Å². The first kappa shape index (κ1) is 16.3. The van der Waals surface area contributed by atoms with Crippen molar-refractivity contribution in [3.05, 3.63) is 144 Å². The average molecular weight is 367 g/mol. The van der Waals surface area contributed by atoms with Crippen LogP contribution >= 0.6 is 0 Å². The predicted molar refractivity (Wildman–Crippen MR) is 120 cm³/mol. The highest BCUT2D eigenvalue weighted by Crippen LogP contribution is 2.56. The van der Waals surface area contributed by atoms with Crippen LogP contribution in [-0.4, -0.2) is 0 Å². The minimum Gasteiger partial charge on any atom is -0.0622 e. The fourth-order valence-electron chi connectivity index (χ4n) is 5.06. The lowest BCUT2D eigenvalue weighted by Crippen LogP contribution is -2.28. The molecule has 0 saturated heterocycles. The number of benzene rings is 5. The minimum absolute atomic E-state index is 0.338. The third kappa shape index (κ3) is 2.20. The second-order valence-corrected chi connectivity index (χ2v) is 7.70. The second kappa shape index (κ2) is 6.18. The molecule has 29 heavy (non-hydrogen) atoms. The van der Waals surface area contributed by atoms with Crippen LogP contribution in [0.2, 0.25) is 0 Å². The Morgan fingerprint density at radius 1 is 0.517 bits per heavy atom. The summed E-state index contributed by atoms with van der Waals surface area (Å²) >= 11 is 0. The summed E-state index contributed by atoms with van der Waals surface area (Å²) in [6, 6.07) is 45.0. The summed E-state index contributed by atoms with van der Waals surface area (Å²) in [5.74, 6) is 0. The van der Waals surface area contributed by atoms with Crippen molar-refractivity contribution in [3.63, 3.8) is 0 Å². The van der Waals surface area contributed by atoms with Gasteiger partial charge >= 0.3 is 0 Å². The molecule has 0 heteroatoms. The molecule has 1 aliphatic carbocycles. The molecule has 135 valence electrons. The van der Waals surface area contributed by atoms with Gasteiger partial charge in [-0.25, -0.2) is 0 Å². The molecule has 1 radical (unpaired) electrons. The lowest BCUT2D eigenvalue weighted by Gasteiger charge is -2.34. The van der Waals surface area contributed by atoms with E-state index in [-0.39, 0.29) is 5.41 Å². The van der Waals surface area contributed by atoms with E-state index in [1.807, 2.05) is 6.07 Å². The largest absolute Gasteiger partial charge is 0.0714 e. The van der Waals surface area contributed by atoms with Crippen LogP contribution in [0.5, 0.6) is 0 Å². The average Bonchev–Trinajstić information content (AvgIpc) is 3.09. The second-order valence-electron chi connectivity index (χ2n) is 7.70. The van der Waals surface area contributed by atoms with Gasteiger partial charge in [0.15, 0.2) is 0 Å². The molecule has 0 saturated carbocycles. The molecular weight excluding hydrogens is 348 g/mol. The maximum Gasteiger partial charge on any atom is 0.0714 e. The Bertz CT molecular complexity index is 1290. The number of hydrogen-bond acceptors (Lipinski definition) is 0.